The number of thioether (sulfide) groups is 2. The SMILES string of the molecule is CCc1cc(SC)sc1SC. The van der Waals surface area contributed by atoms with Crippen LogP contribution in [0, 0.1) is 0 Å². The maximum atomic E-state index is 2.31. The Kier molecular flexibility index (Phi) is 3.82. The lowest BCUT2D eigenvalue weighted by Gasteiger charge is -1.92. The summed E-state index contributed by atoms with van der Waals surface area (Å²) in [5, 5.41) is 0. The van der Waals surface area contributed by atoms with Crippen LogP contribution >= 0.6 is 34.9 Å². The van der Waals surface area contributed by atoms with Gasteiger partial charge < -0.3 is 0 Å². The lowest BCUT2D eigenvalue weighted by molar-refractivity contribution is 1.11. The van der Waals surface area contributed by atoms with Crippen LogP contribution in [0.15, 0.2) is 14.5 Å². The van der Waals surface area contributed by atoms with Gasteiger partial charge in [0.05, 0.1) is 8.42 Å². The highest BCUT2D eigenvalue weighted by molar-refractivity contribution is 8.02. The molecule has 1 aromatic heterocycles. The summed E-state index contributed by atoms with van der Waals surface area (Å²) in [6.45, 7) is 2.21. The van der Waals surface area contributed by atoms with Gasteiger partial charge in [0.2, 0.25) is 0 Å². The molecule has 62 valence electrons. The normalized spacial score (nSPS) is 10.5. The van der Waals surface area contributed by atoms with E-state index in [1.807, 2.05) is 34.9 Å². The summed E-state index contributed by atoms with van der Waals surface area (Å²) in [6, 6.07) is 2.31. The van der Waals surface area contributed by atoms with Crippen molar-refractivity contribution in [2.45, 2.75) is 21.8 Å². The summed E-state index contributed by atoms with van der Waals surface area (Å²) in [6.07, 6.45) is 5.44. The molecule has 0 saturated carbocycles. The molecule has 0 N–H and O–H groups in total. The molecule has 0 aliphatic heterocycles. The van der Waals surface area contributed by atoms with Gasteiger partial charge in [-0.05, 0) is 30.6 Å². The summed E-state index contributed by atoms with van der Waals surface area (Å²) < 4.78 is 2.92. The Morgan fingerprint density at radius 3 is 2.45 bits per heavy atom. The van der Waals surface area contributed by atoms with Crippen molar-refractivity contribution in [3.8, 4) is 0 Å². The van der Waals surface area contributed by atoms with Crippen LogP contribution in [-0.4, -0.2) is 12.5 Å². The Bertz CT molecular complexity index is 206. The van der Waals surface area contributed by atoms with Gasteiger partial charge in [0.1, 0.15) is 0 Å². The molecule has 0 fully saturated rings. The molecule has 0 saturated heterocycles. The minimum absolute atomic E-state index is 1.16. The predicted molar refractivity (Wildman–Crippen MR) is 57.3 cm³/mol. The summed E-state index contributed by atoms with van der Waals surface area (Å²) in [5.74, 6) is 0. The molecule has 0 bridgehead atoms. The van der Waals surface area contributed by atoms with E-state index >= 15 is 0 Å². The number of aryl methyl sites for hydroxylation is 1. The van der Waals surface area contributed by atoms with Crippen LogP contribution in [0.2, 0.25) is 0 Å². The van der Waals surface area contributed by atoms with Crippen molar-refractivity contribution in [3.05, 3.63) is 11.6 Å². The van der Waals surface area contributed by atoms with E-state index in [1.54, 1.807) is 0 Å². The molecule has 0 spiro atoms. The fourth-order valence-corrected chi connectivity index (χ4v) is 3.70. The van der Waals surface area contributed by atoms with Crippen LogP contribution < -0.4 is 0 Å². The monoisotopic (exact) mass is 204 g/mol. The van der Waals surface area contributed by atoms with Crippen molar-refractivity contribution in [2.24, 2.45) is 0 Å². The highest BCUT2D eigenvalue weighted by Gasteiger charge is 2.04. The van der Waals surface area contributed by atoms with Crippen LogP contribution in [-0.2, 0) is 6.42 Å². The van der Waals surface area contributed by atoms with Crippen LogP contribution in [0.4, 0.5) is 0 Å². The summed E-state index contributed by atoms with van der Waals surface area (Å²) in [5.41, 5.74) is 1.51. The van der Waals surface area contributed by atoms with Gasteiger partial charge in [0.15, 0.2) is 0 Å². The Labute approximate surface area is 80.8 Å². The molecule has 3 heteroatoms. The molecule has 0 radical (unpaired) electrons. The van der Waals surface area contributed by atoms with Gasteiger partial charge in [0.25, 0.3) is 0 Å². The van der Waals surface area contributed by atoms with E-state index in [4.69, 9.17) is 0 Å². The average Bonchev–Trinajstić information content (AvgIpc) is 2.46. The van der Waals surface area contributed by atoms with Gasteiger partial charge in [-0.2, -0.15) is 0 Å². The highest BCUT2D eigenvalue weighted by Crippen LogP contribution is 2.35. The largest absolute Gasteiger partial charge is 0.122 e. The second-order valence-electron chi connectivity index (χ2n) is 2.14. The first-order chi connectivity index (χ1) is 5.31. The van der Waals surface area contributed by atoms with Crippen LogP contribution in [0.5, 0.6) is 0 Å². The lowest BCUT2D eigenvalue weighted by Crippen LogP contribution is -1.74. The maximum absolute atomic E-state index is 2.31. The molecule has 0 unspecified atom stereocenters. The third-order valence-electron chi connectivity index (χ3n) is 1.52. The van der Waals surface area contributed by atoms with Gasteiger partial charge in [0, 0.05) is 0 Å². The Morgan fingerprint density at radius 2 is 2.09 bits per heavy atom. The summed E-state index contributed by atoms with van der Waals surface area (Å²) in [4.78, 5) is 0. The molecule has 1 aromatic rings. The second-order valence-corrected chi connectivity index (χ2v) is 5.37. The van der Waals surface area contributed by atoms with Crippen molar-refractivity contribution in [3.63, 3.8) is 0 Å². The van der Waals surface area contributed by atoms with Crippen LogP contribution in [0.1, 0.15) is 12.5 Å². The Hall–Kier alpha value is 0.400. The third kappa shape index (κ3) is 2.17. The smallest absolute Gasteiger partial charge is 0.0639 e. The van der Waals surface area contributed by atoms with E-state index < -0.39 is 0 Å². The molecule has 11 heavy (non-hydrogen) atoms. The van der Waals surface area contributed by atoms with Gasteiger partial charge in [-0.15, -0.1) is 34.9 Å². The first kappa shape index (κ1) is 9.49. The summed E-state index contributed by atoms with van der Waals surface area (Å²) in [7, 11) is 0. The molecule has 1 rings (SSSR count). The Morgan fingerprint density at radius 1 is 1.36 bits per heavy atom. The molecular formula is C8H12S3. The number of hydrogen-bond donors (Lipinski definition) is 0. The molecule has 0 amide bonds. The Balaban J connectivity index is 2.92. The van der Waals surface area contributed by atoms with Crippen molar-refractivity contribution in [2.75, 3.05) is 12.5 Å². The van der Waals surface area contributed by atoms with Crippen LogP contribution in [0.25, 0.3) is 0 Å². The molecule has 0 atom stereocenters. The number of thiophene rings is 1. The zero-order valence-electron chi connectivity index (χ0n) is 7.01. The van der Waals surface area contributed by atoms with E-state index in [0.717, 1.165) is 6.42 Å². The van der Waals surface area contributed by atoms with Gasteiger partial charge in [-0.1, -0.05) is 6.92 Å². The molecule has 0 aliphatic rings. The van der Waals surface area contributed by atoms with E-state index in [1.165, 1.54) is 14.0 Å². The van der Waals surface area contributed by atoms with E-state index in [0.29, 0.717) is 0 Å². The zero-order valence-corrected chi connectivity index (χ0v) is 9.46. The quantitative estimate of drug-likeness (QED) is 0.688. The minimum atomic E-state index is 1.16. The predicted octanol–water partition coefficient (Wildman–Crippen LogP) is 3.75. The summed E-state index contributed by atoms with van der Waals surface area (Å²) >= 11 is 5.61. The lowest BCUT2D eigenvalue weighted by atomic mass is 10.3. The average molecular weight is 204 g/mol. The third-order valence-corrected chi connectivity index (χ3v) is 4.93. The molecule has 0 aromatic carbocycles. The van der Waals surface area contributed by atoms with Gasteiger partial charge in [-0.25, -0.2) is 0 Å². The first-order valence-corrected chi connectivity index (χ1v) is 6.79. The van der Waals surface area contributed by atoms with Gasteiger partial charge >= 0.3 is 0 Å². The van der Waals surface area contributed by atoms with Gasteiger partial charge in [-0.3, -0.25) is 0 Å². The first-order valence-electron chi connectivity index (χ1n) is 3.52. The topological polar surface area (TPSA) is 0 Å². The molecular weight excluding hydrogens is 192 g/mol. The van der Waals surface area contributed by atoms with Crippen molar-refractivity contribution < 1.29 is 0 Å². The fourth-order valence-electron chi connectivity index (χ4n) is 0.907. The molecule has 1 heterocycles. The highest BCUT2D eigenvalue weighted by atomic mass is 32.2. The van der Waals surface area contributed by atoms with Crippen molar-refractivity contribution in [1.29, 1.82) is 0 Å². The van der Waals surface area contributed by atoms with E-state index in [-0.39, 0.29) is 0 Å². The second kappa shape index (κ2) is 4.43. The minimum Gasteiger partial charge on any atom is -0.122 e. The van der Waals surface area contributed by atoms with E-state index in [2.05, 4.69) is 25.5 Å². The van der Waals surface area contributed by atoms with Crippen LogP contribution in [0.3, 0.4) is 0 Å². The molecule has 0 aliphatic carbocycles. The zero-order chi connectivity index (χ0) is 8.27. The number of rotatable bonds is 3. The standard InChI is InChI=1S/C8H12S3/c1-4-6-5-7(9-2)11-8(6)10-3/h5H,4H2,1-3H3. The van der Waals surface area contributed by atoms with Crippen molar-refractivity contribution in [1.82, 2.24) is 0 Å². The fraction of sp³-hybridized carbons (Fsp3) is 0.500. The number of hydrogen-bond acceptors (Lipinski definition) is 3. The van der Waals surface area contributed by atoms with Crippen molar-refractivity contribution >= 4 is 34.9 Å². The maximum Gasteiger partial charge on any atom is 0.0639 e. The molecule has 0 nitrogen and oxygen atoms in total. The van der Waals surface area contributed by atoms with E-state index in [9.17, 15) is 0 Å².